The lowest BCUT2D eigenvalue weighted by atomic mass is 10.1. The van der Waals surface area contributed by atoms with Crippen LogP contribution in [0.15, 0.2) is 24.5 Å². The molecule has 3 nitrogen and oxygen atoms in total. The predicted molar refractivity (Wildman–Crippen MR) is 69.3 cm³/mol. The summed E-state index contributed by atoms with van der Waals surface area (Å²) >= 11 is 1.79. The third-order valence-corrected chi connectivity index (χ3v) is 4.18. The highest BCUT2D eigenvalue weighted by atomic mass is 32.2. The zero-order valence-corrected chi connectivity index (χ0v) is 10.7. The van der Waals surface area contributed by atoms with Gasteiger partial charge in [-0.25, -0.2) is 0 Å². The SMILES string of the molecule is CC(CO)CSC(c1cccnc1)C(C)N. The molecule has 3 unspecified atom stereocenters. The third-order valence-electron chi connectivity index (χ3n) is 2.36. The van der Waals surface area contributed by atoms with E-state index in [1.165, 1.54) is 0 Å². The molecular weight excluding hydrogens is 220 g/mol. The molecule has 0 fully saturated rings. The van der Waals surface area contributed by atoms with Crippen molar-refractivity contribution in [2.24, 2.45) is 11.7 Å². The van der Waals surface area contributed by atoms with Gasteiger partial charge in [0.25, 0.3) is 0 Å². The molecule has 90 valence electrons. The number of thioether (sulfide) groups is 1. The predicted octanol–water partition coefficient (Wildman–Crippen LogP) is 1.83. The van der Waals surface area contributed by atoms with Crippen LogP contribution in [0.5, 0.6) is 0 Å². The summed E-state index contributed by atoms with van der Waals surface area (Å²) in [6.07, 6.45) is 3.63. The average molecular weight is 240 g/mol. The Bertz CT molecular complexity index is 292. The number of hydrogen-bond donors (Lipinski definition) is 2. The minimum atomic E-state index is 0.0834. The fourth-order valence-electron chi connectivity index (χ4n) is 1.42. The highest BCUT2D eigenvalue weighted by molar-refractivity contribution is 7.99. The summed E-state index contributed by atoms with van der Waals surface area (Å²) in [7, 11) is 0. The number of nitrogens with two attached hydrogens (primary N) is 1. The van der Waals surface area contributed by atoms with Crippen molar-refractivity contribution in [1.82, 2.24) is 4.98 Å². The molecule has 0 saturated heterocycles. The molecular formula is C12H20N2OS. The normalized spacial score (nSPS) is 16.8. The topological polar surface area (TPSA) is 59.1 Å². The Hall–Kier alpha value is -0.580. The first kappa shape index (κ1) is 13.5. The fourth-order valence-corrected chi connectivity index (χ4v) is 2.69. The maximum atomic E-state index is 9.00. The van der Waals surface area contributed by atoms with Crippen LogP contribution in [0, 0.1) is 5.92 Å². The van der Waals surface area contributed by atoms with Crippen LogP contribution in [0.2, 0.25) is 0 Å². The summed E-state index contributed by atoms with van der Waals surface area (Å²) in [5.41, 5.74) is 7.15. The van der Waals surface area contributed by atoms with Gasteiger partial charge in [0.05, 0.1) is 0 Å². The van der Waals surface area contributed by atoms with Gasteiger partial charge in [-0.3, -0.25) is 4.98 Å². The lowest BCUT2D eigenvalue weighted by molar-refractivity contribution is 0.250. The molecule has 4 heteroatoms. The molecule has 1 rings (SSSR count). The van der Waals surface area contributed by atoms with Crippen molar-refractivity contribution >= 4 is 11.8 Å². The molecule has 1 aromatic heterocycles. The number of nitrogens with zero attached hydrogens (tertiary/aromatic N) is 1. The van der Waals surface area contributed by atoms with Crippen molar-refractivity contribution < 1.29 is 5.11 Å². The highest BCUT2D eigenvalue weighted by Gasteiger charge is 2.17. The molecule has 0 spiro atoms. The van der Waals surface area contributed by atoms with Crippen molar-refractivity contribution in [2.75, 3.05) is 12.4 Å². The second kappa shape index (κ2) is 6.89. The van der Waals surface area contributed by atoms with E-state index in [4.69, 9.17) is 10.8 Å². The van der Waals surface area contributed by atoms with Gasteiger partial charge in [-0.1, -0.05) is 13.0 Å². The summed E-state index contributed by atoms with van der Waals surface area (Å²) in [6, 6.07) is 4.07. The summed E-state index contributed by atoms with van der Waals surface area (Å²) in [5.74, 6) is 1.22. The van der Waals surface area contributed by atoms with Crippen molar-refractivity contribution in [3.63, 3.8) is 0 Å². The Morgan fingerprint density at radius 1 is 1.50 bits per heavy atom. The summed E-state index contributed by atoms with van der Waals surface area (Å²) in [6.45, 7) is 4.27. The number of pyridine rings is 1. The Morgan fingerprint density at radius 2 is 2.25 bits per heavy atom. The summed E-state index contributed by atoms with van der Waals surface area (Å²) < 4.78 is 0. The van der Waals surface area contributed by atoms with Gasteiger partial charge in [-0.15, -0.1) is 0 Å². The minimum absolute atomic E-state index is 0.0834. The Kier molecular flexibility index (Phi) is 5.80. The van der Waals surface area contributed by atoms with Crippen LogP contribution >= 0.6 is 11.8 Å². The van der Waals surface area contributed by atoms with Gasteiger partial charge in [-0.05, 0) is 30.2 Å². The Morgan fingerprint density at radius 3 is 2.75 bits per heavy atom. The van der Waals surface area contributed by atoms with E-state index in [2.05, 4.69) is 11.1 Å². The molecule has 0 aliphatic carbocycles. The van der Waals surface area contributed by atoms with Crippen LogP contribution in [-0.4, -0.2) is 28.5 Å². The molecule has 0 aromatic carbocycles. The standard InChI is InChI=1S/C12H20N2OS/c1-9(7-15)8-16-12(10(2)13)11-4-3-5-14-6-11/h3-6,9-10,12,15H,7-8,13H2,1-2H3. The molecule has 0 saturated carbocycles. The third kappa shape index (κ3) is 4.12. The fraction of sp³-hybridized carbons (Fsp3) is 0.583. The summed E-state index contributed by atoms with van der Waals surface area (Å²) in [4.78, 5) is 4.12. The molecule has 1 aromatic rings. The molecule has 0 amide bonds. The van der Waals surface area contributed by atoms with Gasteiger partial charge >= 0.3 is 0 Å². The average Bonchev–Trinajstić information content (AvgIpc) is 2.30. The zero-order chi connectivity index (χ0) is 12.0. The molecule has 16 heavy (non-hydrogen) atoms. The van der Waals surface area contributed by atoms with E-state index in [-0.39, 0.29) is 17.9 Å². The van der Waals surface area contributed by atoms with Crippen LogP contribution in [0.25, 0.3) is 0 Å². The maximum Gasteiger partial charge on any atom is 0.0464 e. The first-order valence-electron chi connectivity index (χ1n) is 5.53. The van der Waals surface area contributed by atoms with Gasteiger partial charge < -0.3 is 10.8 Å². The minimum Gasteiger partial charge on any atom is -0.396 e. The Balaban J connectivity index is 2.62. The number of rotatable bonds is 6. The van der Waals surface area contributed by atoms with Gasteiger partial charge in [0.1, 0.15) is 0 Å². The van der Waals surface area contributed by atoms with E-state index >= 15 is 0 Å². The number of aliphatic hydroxyl groups is 1. The molecule has 3 atom stereocenters. The monoisotopic (exact) mass is 240 g/mol. The maximum absolute atomic E-state index is 9.00. The highest BCUT2D eigenvalue weighted by Crippen LogP contribution is 2.31. The number of aromatic nitrogens is 1. The lowest BCUT2D eigenvalue weighted by Gasteiger charge is -2.21. The lowest BCUT2D eigenvalue weighted by Crippen LogP contribution is -2.23. The van der Waals surface area contributed by atoms with E-state index in [1.807, 2.05) is 26.1 Å². The van der Waals surface area contributed by atoms with E-state index in [0.29, 0.717) is 5.92 Å². The van der Waals surface area contributed by atoms with Gasteiger partial charge in [0, 0.05) is 30.3 Å². The van der Waals surface area contributed by atoms with E-state index in [9.17, 15) is 0 Å². The molecule has 0 radical (unpaired) electrons. The first-order valence-corrected chi connectivity index (χ1v) is 6.58. The van der Waals surface area contributed by atoms with Crippen molar-refractivity contribution in [1.29, 1.82) is 0 Å². The van der Waals surface area contributed by atoms with E-state index in [1.54, 1.807) is 18.0 Å². The second-order valence-electron chi connectivity index (χ2n) is 4.19. The largest absolute Gasteiger partial charge is 0.396 e. The smallest absolute Gasteiger partial charge is 0.0464 e. The molecule has 0 bridgehead atoms. The molecule has 3 N–H and O–H groups in total. The molecule has 0 aliphatic rings. The molecule has 1 heterocycles. The summed E-state index contributed by atoms with van der Waals surface area (Å²) in [5, 5.41) is 9.25. The van der Waals surface area contributed by atoms with Crippen molar-refractivity contribution in [2.45, 2.75) is 25.1 Å². The first-order chi connectivity index (χ1) is 7.65. The molecule has 0 aliphatic heterocycles. The second-order valence-corrected chi connectivity index (χ2v) is 5.36. The van der Waals surface area contributed by atoms with Crippen LogP contribution in [-0.2, 0) is 0 Å². The zero-order valence-electron chi connectivity index (χ0n) is 9.84. The van der Waals surface area contributed by atoms with E-state index in [0.717, 1.165) is 11.3 Å². The van der Waals surface area contributed by atoms with E-state index < -0.39 is 0 Å². The van der Waals surface area contributed by atoms with Crippen LogP contribution in [0.4, 0.5) is 0 Å². The number of hydrogen-bond acceptors (Lipinski definition) is 4. The van der Waals surface area contributed by atoms with Gasteiger partial charge in [0.15, 0.2) is 0 Å². The van der Waals surface area contributed by atoms with Crippen LogP contribution < -0.4 is 5.73 Å². The van der Waals surface area contributed by atoms with Gasteiger partial charge in [-0.2, -0.15) is 11.8 Å². The van der Waals surface area contributed by atoms with Gasteiger partial charge in [0.2, 0.25) is 0 Å². The van der Waals surface area contributed by atoms with Crippen LogP contribution in [0.3, 0.4) is 0 Å². The van der Waals surface area contributed by atoms with Crippen molar-refractivity contribution in [3.05, 3.63) is 30.1 Å². The van der Waals surface area contributed by atoms with Crippen LogP contribution in [0.1, 0.15) is 24.7 Å². The quantitative estimate of drug-likeness (QED) is 0.796. The Labute approximate surface area is 101 Å². The number of aliphatic hydroxyl groups excluding tert-OH is 1. The van der Waals surface area contributed by atoms with Crippen molar-refractivity contribution in [3.8, 4) is 0 Å².